The number of hydrazone groups is 1. The van der Waals surface area contributed by atoms with Crippen LogP contribution in [0.1, 0.15) is 37.6 Å². The Morgan fingerprint density at radius 1 is 1.13 bits per heavy atom. The fourth-order valence-electron chi connectivity index (χ4n) is 4.00. The molecule has 1 aromatic carbocycles. The Kier molecular flexibility index (Phi) is 5.92. The molecule has 1 fully saturated rings. The summed E-state index contributed by atoms with van der Waals surface area (Å²) in [7, 11) is 0. The molecule has 8 heteroatoms. The molecule has 1 aromatic heterocycles. The van der Waals surface area contributed by atoms with E-state index in [1.165, 1.54) is 0 Å². The third kappa shape index (κ3) is 4.13. The fourth-order valence-corrected chi connectivity index (χ4v) is 4.13. The number of benzene rings is 1. The van der Waals surface area contributed by atoms with E-state index >= 15 is 0 Å². The Hall–Kier alpha value is -2.64. The number of nitrogens with zero attached hydrogens (tertiary/aromatic N) is 4. The van der Waals surface area contributed by atoms with Crippen molar-refractivity contribution in [3.63, 3.8) is 0 Å². The Balaban J connectivity index is 1.54. The number of carbonyl (C=O) groups excluding carboxylic acids is 2. The molecule has 30 heavy (non-hydrogen) atoms. The van der Waals surface area contributed by atoms with E-state index in [-0.39, 0.29) is 23.9 Å². The van der Waals surface area contributed by atoms with Gasteiger partial charge in [0.15, 0.2) is 0 Å². The normalized spacial score (nSPS) is 20.9. The third-order valence-corrected chi connectivity index (χ3v) is 6.10. The van der Waals surface area contributed by atoms with Crippen LogP contribution in [0.4, 0.5) is 0 Å². The molecule has 2 atom stereocenters. The van der Waals surface area contributed by atoms with Gasteiger partial charge in [-0.2, -0.15) is 5.10 Å². The molecule has 158 valence electrons. The molecule has 0 radical (unpaired) electrons. The van der Waals surface area contributed by atoms with E-state index in [0.29, 0.717) is 43.4 Å². The average Bonchev–Trinajstić information content (AvgIpc) is 3.43. The standard InChI is InChI=1S/C22H25ClN4O3/c1-15(25-9-11-26(12-10-25)16(2)28)22(29)27-20(21-4-3-13-30-21)14-19(24-27)17-5-7-18(23)8-6-17/h3-8,13,15,20H,9-12,14H2,1-2H3/t15-,20+/m1/s1. The number of halogens is 1. The van der Waals surface area contributed by atoms with Crippen molar-refractivity contribution in [1.82, 2.24) is 14.8 Å². The van der Waals surface area contributed by atoms with Crippen molar-refractivity contribution in [1.29, 1.82) is 0 Å². The van der Waals surface area contributed by atoms with Crippen LogP contribution in [0.5, 0.6) is 0 Å². The summed E-state index contributed by atoms with van der Waals surface area (Å²) >= 11 is 6.02. The topological polar surface area (TPSA) is 69.4 Å². The molecule has 2 aliphatic rings. The summed E-state index contributed by atoms with van der Waals surface area (Å²) in [6.07, 6.45) is 2.19. The van der Waals surface area contributed by atoms with Gasteiger partial charge in [-0.05, 0) is 36.8 Å². The highest BCUT2D eigenvalue weighted by Crippen LogP contribution is 2.34. The molecule has 0 unspecified atom stereocenters. The molecule has 2 aromatic rings. The fraction of sp³-hybridized carbons (Fsp3) is 0.409. The first-order valence-corrected chi connectivity index (χ1v) is 10.5. The summed E-state index contributed by atoms with van der Waals surface area (Å²) in [5.41, 5.74) is 1.77. The number of carbonyl (C=O) groups is 2. The molecule has 2 amide bonds. The highest BCUT2D eigenvalue weighted by Gasteiger charge is 2.38. The minimum Gasteiger partial charge on any atom is -0.467 e. The van der Waals surface area contributed by atoms with Gasteiger partial charge < -0.3 is 9.32 Å². The molecule has 0 spiro atoms. The van der Waals surface area contributed by atoms with Crippen LogP contribution in [0.15, 0.2) is 52.2 Å². The van der Waals surface area contributed by atoms with Crippen molar-refractivity contribution >= 4 is 29.1 Å². The summed E-state index contributed by atoms with van der Waals surface area (Å²) in [6, 6.07) is 10.6. The number of piperazine rings is 1. The van der Waals surface area contributed by atoms with Gasteiger partial charge in [0.1, 0.15) is 11.8 Å². The van der Waals surface area contributed by atoms with E-state index in [2.05, 4.69) is 4.90 Å². The van der Waals surface area contributed by atoms with E-state index in [4.69, 9.17) is 21.1 Å². The van der Waals surface area contributed by atoms with E-state index in [1.54, 1.807) is 18.2 Å². The van der Waals surface area contributed by atoms with Crippen molar-refractivity contribution in [3.8, 4) is 0 Å². The Bertz CT molecular complexity index is 934. The van der Waals surface area contributed by atoms with Gasteiger partial charge in [-0.15, -0.1) is 0 Å². The van der Waals surface area contributed by atoms with E-state index < -0.39 is 0 Å². The molecule has 0 saturated carbocycles. The SMILES string of the molecule is CC(=O)N1CCN([C@H](C)C(=O)N2N=C(c3ccc(Cl)cc3)C[C@H]2c2ccco2)CC1. The molecule has 4 rings (SSSR count). The molecular weight excluding hydrogens is 404 g/mol. The maximum Gasteiger partial charge on any atom is 0.260 e. The summed E-state index contributed by atoms with van der Waals surface area (Å²) in [5, 5.41) is 6.91. The van der Waals surface area contributed by atoms with Gasteiger partial charge in [-0.3, -0.25) is 14.5 Å². The second-order valence-corrected chi connectivity index (χ2v) is 8.13. The van der Waals surface area contributed by atoms with Gasteiger partial charge in [0, 0.05) is 44.5 Å². The number of hydrogen-bond acceptors (Lipinski definition) is 5. The zero-order chi connectivity index (χ0) is 21.3. The van der Waals surface area contributed by atoms with Crippen LogP contribution in [-0.4, -0.2) is 64.6 Å². The van der Waals surface area contributed by atoms with Gasteiger partial charge in [-0.1, -0.05) is 23.7 Å². The third-order valence-electron chi connectivity index (χ3n) is 5.85. The summed E-state index contributed by atoms with van der Waals surface area (Å²) in [5.74, 6) is 0.713. The Morgan fingerprint density at radius 2 is 1.83 bits per heavy atom. The quantitative estimate of drug-likeness (QED) is 0.750. The molecule has 0 N–H and O–H groups in total. The monoisotopic (exact) mass is 428 g/mol. The number of amides is 2. The predicted molar refractivity (Wildman–Crippen MR) is 114 cm³/mol. The zero-order valence-corrected chi connectivity index (χ0v) is 17.9. The summed E-state index contributed by atoms with van der Waals surface area (Å²) < 4.78 is 5.62. The summed E-state index contributed by atoms with van der Waals surface area (Å²) in [6.45, 7) is 6.08. The molecule has 7 nitrogen and oxygen atoms in total. The van der Waals surface area contributed by atoms with Gasteiger partial charge >= 0.3 is 0 Å². The van der Waals surface area contributed by atoms with E-state index in [1.807, 2.05) is 48.2 Å². The van der Waals surface area contributed by atoms with Crippen LogP contribution in [0.25, 0.3) is 0 Å². The summed E-state index contributed by atoms with van der Waals surface area (Å²) in [4.78, 5) is 28.9. The Labute approximate surface area is 180 Å². The number of hydrogen-bond donors (Lipinski definition) is 0. The molecular formula is C22H25ClN4O3. The maximum atomic E-state index is 13.4. The van der Waals surface area contributed by atoms with Gasteiger partial charge in [0.05, 0.1) is 18.0 Å². The highest BCUT2D eigenvalue weighted by atomic mass is 35.5. The predicted octanol–water partition coefficient (Wildman–Crippen LogP) is 3.16. The second kappa shape index (κ2) is 8.62. The van der Waals surface area contributed by atoms with E-state index in [0.717, 1.165) is 11.3 Å². The lowest BCUT2D eigenvalue weighted by molar-refractivity contribution is -0.140. The van der Waals surface area contributed by atoms with E-state index in [9.17, 15) is 9.59 Å². The molecule has 0 aliphatic carbocycles. The second-order valence-electron chi connectivity index (χ2n) is 7.69. The maximum absolute atomic E-state index is 13.4. The van der Waals surface area contributed by atoms with Crippen molar-refractivity contribution in [2.45, 2.75) is 32.4 Å². The largest absolute Gasteiger partial charge is 0.467 e. The first-order chi connectivity index (χ1) is 14.4. The first-order valence-electron chi connectivity index (χ1n) is 10.1. The molecule has 2 aliphatic heterocycles. The van der Waals surface area contributed by atoms with Crippen LogP contribution in [0, 0.1) is 0 Å². The van der Waals surface area contributed by atoms with Crippen LogP contribution in [-0.2, 0) is 9.59 Å². The van der Waals surface area contributed by atoms with Gasteiger partial charge in [0.2, 0.25) is 5.91 Å². The zero-order valence-electron chi connectivity index (χ0n) is 17.1. The molecule has 0 bridgehead atoms. The van der Waals surface area contributed by atoms with Crippen molar-refractivity contribution < 1.29 is 14.0 Å². The van der Waals surface area contributed by atoms with Crippen LogP contribution in [0.3, 0.4) is 0 Å². The Morgan fingerprint density at radius 3 is 2.43 bits per heavy atom. The molecule has 3 heterocycles. The van der Waals surface area contributed by atoms with Gasteiger partial charge in [-0.25, -0.2) is 5.01 Å². The van der Waals surface area contributed by atoms with Crippen LogP contribution >= 0.6 is 11.6 Å². The van der Waals surface area contributed by atoms with Crippen molar-refractivity contribution in [3.05, 3.63) is 59.0 Å². The van der Waals surface area contributed by atoms with Crippen molar-refractivity contribution in [2.75, 3.05) is 26.2 Å². The number of furan rings is 1. The lowest BCUT2D eigenvalue weighted by Gasteiger charge is -2.38. The minimum atomic E-state index is -0.343. The molecule has 1 saturated heterocycles. The lowest BCUT2D eigenvalue weighted by atomic mass is 10.0. The lowest BCUT2D eigenvalue weighted by Crippen LogP contribution is -2.54. The highest BCUT2D eigenvalue weighted by molar-refractivity contribution is 6.30. The number of rotatable bonds is 4. The van der Waals surface area contributed by atoms with Gasteiger partial charge in [0.25, 0.3) is 5.91 Å². The van der Waals surface area contributed by atoms with Crippen LogP contribution < -0.4 is 0 Å². The van der Waals surface area contributed by atoms with Crippen molar-refractivity contribution in [2.24, 2.45) is 5.10 Å². The smallest absolute Gasteiger partial charge is 0.260 e. The van der Waals surface area contributed by atoms with Crippen LogP contribution in [0.2, 0.25) is 5.02 Å². The minimum absolute atomic E-state index is 0.0725. The average molecular weight is 429 g/mol. The first kappa shape index (κ1) is 20.6.